The maximum absolute atomic E-state index is 12.8. The van der Waals surface area contributed by atoms with E-state index in [1.165, 1.54) is 13.3 Å². The number of hydrogen-bond acceptors (Lipinski definition) is 4. The number of likely N-dealkylation sites (N-methyl/N-ethyl adjacent to an activating group) is 1. The van der Waals surface area contributed by atoms with Gasteiger partial charge < -0.3 is 0 Å². The minimum atomic E-state index is -3.79. The predicted octanol–water partition coefficient (Wildman–Crippen LogP) is 3.04. The van der Waals surface area contributed by atoms with Crippen LogP contribution in [0.2, 0.25) is 5.02 Å². The lowest BCUT2D eigenvalue weighted by molar-refractivity contribution is -0.121. The minimum Gasteiger partial charge on any atom is -0.272 e. The number of benzene rings is 2. The van der Waals surface area contributed by atoms with E-state index in [1.807, 2.05) is 19.1 Å². The van der Waals surface area contributed by atoms with Crippen molar-refractivity contribution in [2.75, 3.05) is 13.6 Å². The van der Waals surface area contributed by atoms with Crippen LogP contribution >= 0.6 is 11.6 Å². The zero-order valence-electron chi connectivity index (χ0n) is 15.7. The summed E-state index contributed by atoms with van der Waals surface area (Å²) in [5.74, 6) is -0.540. The Bertz CT molecular complexity index is 964. The number of amides is 1. The van der Waals surface area contributed by atoms with Crippen LogP contribution in [0.1, 0.15) is 22.3 Å². The van der Waals surface area contributed by atoms with Gasteiger partial charge in [-0.15, -0.1) is 0 Å². The molecule has 2 aromatic rings. The zero-order chi connectivity index (χ0) is 20.2. The van der Waals surface area contributed by atoms with Crippen molar-refractivity contribution in [1.82, 2.24) is 9.73 Å². The number of nitrogens with one attached hydrogen (secondary N) is 1. The summed E-state index contributed by atoms with van der Waals surface area (Å²) in [6.45, 7) is 5.06. The van der Waals surface area contributed by atoms with Crippen molar-refractivity contribution < 1.29 is 13.2 Å². The highest BCUT2D eigenvalue weighted by Gasteiger charge is 2.26. The van der Waals surface area contributed by atoms with Crippen molar-refractivity contribution in [3.8, 4) is 0 Å². The second-order valence-corrected chi connectivity index (χ2v) is 8.76. The Morgan fingerprint density at radius 1 is 1.19 bits per heavy atom. The van der Waals surface area contributed by atoms with E-state index in [9.17, 15) is 13.2 Å². The molecule has 6 nitrogen and oxygen atoms in total. The van der Waals surface area contributed by atoms with Crippen LogP contribution in [0, 0.1) is 20.8 Å². The van der Waals surface area contributed by atoms with Crippen LogP contribution < -0.4 is 5.43 Å². The minimum absolute atomic E-state index is 0.228. The molecule has 0 radical (unpaired) electrons. The maximum Gasteiger partial charge on any atom is 0.255 e. The number of hydrazone groups is 1. The summed E-state index contributed by atoms with van der Waals surface area (Å²) < 4.78 is 26.7. The average Bonchev–Trinajstić information content (AvgIpc) is 2.53. The number of carbonyl (C=O) groups excluding carboxylic acids is 1. The van der Waals surface area contributed by atoms with Gasteiger partial charge in [0.05, 0.1) is 17.7 Å². The van der Waals surface area contributed by atoms with E-state index < -0.39 is 15.9 Å². The number of carbonyl (C=O) groups is 1. The van der Waals surface area contributed by atoms with Gasteiger partial charge in [0.15, 0.2) is 0 Å². The molecule has 0 saturated carbocycles. The smallest absolute Gasteiger partial charge is 0.255 e. The van der Waals surface area contributed by atoms with E-state index >= 15 is 0 Å². The molecule has 0 unspecified atom stereocenters. The van der Waals surface area contributed by atoms with Crippen molar-refractivity contribution in [3.05, 3.63) is 63.7 Å². The topological polar surface area (TPSA) is 78.8 Å². The van der Waals surface area contributed by atoms with E-state index in [0.717, 1.165) is 15.4 Å². The molecule has 0 fully saturated rings. The second kappa shape index (κ2) is 8.65. The Morgan fingerprint density at radius 3 is 2.41 bits per heavy atom. The van der Waals surface area contributed by atoms with E-state index in [1.54, 1.807) is 38.1 Å². The Kier molecular flexibility index (Phi) is 6.75. The largest absolute Gasteiger partial charge is 0.272 e. The molecule has 1 amide bonds. The van der Waals surface area contributed by atoms with Gasteiger partial charge in [-0.1, -0.05) is 41.4 Å². The molecule has 0 aliphatic carbocycles. The summed E-state index contributed by atoms with van der Waals surface area (Å²) in [5, 5.41) is 4.39. The number of halogens is 1. The molecule has 0 saturated heterocycles. The summed E-state index contributed by atoms with van der Waals surface area (Å²) in [7, 11) is -2.42. The molecular formula is C19H22ClN3O3S. The second-order valence-electron chi connectivity index (χ2n) is 6.34. The molecule has 2 aromatic carbocycles. The Labute approximate surface area is 164 Å². The first kappa shape index (κ1) is 21.1. The molecule has 1 N–H and O–H groups in total. The maximum atomic E-state index is 12.8. The number of nitrogens with zero attached hydrogens (tertiary/aromatic N) is 2. The average molecular weight is 408 g/mol. The van der Waals surface area contributed by atoms with E-state index in [0.29, 0.717) is 16.1 Å². The van der Waals surface area contributed by atoms with Gasteiger partial charge in [-0.2, -0.15) is 9.41 Å². The molecular weight excluding hydrogens is 386 g/mol. The summed E-state index contributed by atoms with van der Waals surface area (Å²) in [5.41, 5.74) is 5.33. The van der Waals surface area contributed by atoms with Crippen molar-refractivity contribution in [1.29, 1.82) is 0 Å². The first-order valence-electron chi connectivity index (χ1n) is 8.23. The lowest BCUT2D eigenvalue weighted by Crippen LogP contribution is -2.37. The molecule has 8 heteroatoms. The molecule has 0 aliphatic rings. The molecule has 27 heavy (non-hydrogen) atoms. The monoisotopic (exact) mass is 407 g/mol. The van der Waals surface area contributed by atoms with Gasteiger partial charge in [-0.05, 0) is 49.6 Å². The van der Waals surface area contributed by atoms with Crippen LogP contribution in [-0.2, 0) is 14.8 Å². The van der Waals surface area contributed by atoms with Crippen LogP contribution in [0.15, 0.2) is 46.4 Å². The summed E-state index contributed by atoms with van der Waals surface area (Å²) in [6, 6.07) is 10.6. The lowest BCUT2D eigenvalue weighted by atomic mass is 10.1. The van der Waals surface area contributed by atoms with Crippen LogP contribution in [0.25, 0.3) is 0 Å². The van der Waals surface area contributed by atoms with E-state index in [-0.39, 0.29) is 11.4 Å². The number of hydrogen-bond donors (Lipinski definition) is 1. The molecule has 0 heterocycles. The van der Waals surface area contributed by atoms with Gasteiger partial charge >= 0.3 is 0 Å². The molecule has 2 rings (SSSR count). The number of aryl methyl sites for hydroxylation is 3. The highest BCUT2D eigenvalue weighted by Crippen LogP contribution is 2.24. The quantitative estimate of drug-likeness (QED) is 0.590. The number of rotatable bonds is 6. The molecule has 0 spiro atoms. The van der Waals surface area contributed by atoms with Gasteiger partial charge in [-0.3, -0.25) is 4.79 Å². The SMILES string of the molecule is Cc1cc(C)c(S(=O)(=O)N(C)CC(=O)N/N=C\c2cccc(Cl)c2)c(C)c1. The van der Waals surface area contributed by atoms with Gasteiger partial charge in [0, 0.05) is 12.1 Å². The van der Waals surface area contributed by atoms with Crippen molar-refractivity contribution in [2.24, 2.45) is 5.10 Å². The van der Waals surface area contributed by atoms with Gasteiger partial charge in [0.1, 0.15) is 0 Å². The fourth-order valence-electron chi connectivity index (χ4n) is 2.82. The molecule has 0 aliphatic heterocycles. The van der Waals surface area contributed by atoms with Crippen molar-refractivity contribution in [3.63, 3.8) is 0 Å². The van der Waals surface area contributed by atoms with E-state index in [2.05, 4.69) is 10.5 Å². The fourth-order valence-corrected chi connectivity index (χ4v) is 4.55. The summed E-state index contributed by atoms with van der Waals surface area (Å²) >= 11 is 5.88. The third kappa shape index (κ3) is 5.38. The molecule has 144 valence electrons. The van der Waals surface area contributed by atoms with Crippen molar-refractivity contribution in [2.45, 2.75) is 25.7 Å². The predicted molar refractivity (Wildman–Crippen MR) is 108 cm³/mol. The first-order chi connectivity index (χ1) is 12.6. The number of sulfonamides is 1. The fraction of sp³-hybridized carbons (Fsp3) is 0.263. The third-order valence-corrected chi connectivity index (χ3v) is 6.24. The highest BCUT2D eigenvalue weighted by atomic mass is 35.5. The van der Waals surface area contributed by atoms with Crippen LogP contribution in [0.3, 0.4) is 0 Å². The summed E-state index contributed by atoms with van der Waals surface area (Å²) in [6.07, 6.45) is 1.44. The van der Waals surface area contributed by atoms with Crippen molar-refractivity contribution >= 4 is 33.7 Å². The molecule has 0 bridgehead atoms. The van der Waals surface area contributed by atoms with E-state index in [4.69, 9.17) is 11.6 Å². The van der Waals surface area contributed by atoms with Gasteiger partial charge in [0.25, 0.3) is 5.91 Å². The van der Waals surface area contributed by atoms with Crippen LogP contribution in [0.4, 0.5) is 0 Å². The lowest BCUT2D eigenvalue weighted by Gasteiger charge is -2.19. The zero-order valence-corrected chi connectivity index (χ0v) is 17.2. The molecule has 0 aromatic heterocycles. The first-order valence-corrected chi connectivity index (χ1v) is 10.0. The Morgan fingerprint density at radius 2 is 1.81 bits per heavy atom. The summed E-state index contributed by atoms with van der Waals surface area (Å²) in [4.78, 5) is 12.3. The normalized spacial score (nSPS) is 11.9. The Hall–Kier alpha value is -2.22. The highest BCUT2D eigenvalue weighted by molar-refractivity contribution is 7.89. The third-order valence-electron chi connectivity index (χ3n) is 3.89. The van der Waals surface area contributed by atoms with Crippen LogP contribution in [0.5, 0.6) is 0 Å². The Balaban J connectivity index is 2.07. The standard InChI is InChI=1S/C19H22ClN3O3S/c1-13-8-14(2)19(15(3)9-13)27(25,26)23(4)12-18(24)22-21-11-16-6-5-7-17(20)10-16/h5-11H,12H2,1-4H3,(H,22,24)/b21-11-. The van der Waals surface area contributed by atoms with Crippen LogP contribution in [-0.4, -0.2) is 38.4 Å². The molecule has 0 atom stereocenters. The van der Waals surface area contributed by atoms with Gasteiger partial charge in [-0.25, -0.2) is 13.8 Å². The van der Waals surface area contributed by atoms with Gasteiger partial charge in [0.2, 0.25) is 10.0 Å².